The van der Waals surface area contributed by atoms with Crippen molar-refractivity contribution in [1.29, 1.82) is 0 Å². The molecular formula is C14H19ClN2O3. The second kappa shape index (κ2) is 7.75. The molecule has 0 aromatic heterocycles. The summed E-state index contributed by atoms with van der Waals surface area (Å²) >= 11 is 5.85. The van der Waals surface area contributed by atoms with E-state index in [1.807, 2.05) is 13.8 Å². The van der Waals surface area contributed by atoms with Crippen molar-refractivity contribution in [3.8, 4) is 5.75 Å². The van der Waals surface area contributed by atoms with Gasteiger partial charge in [-0.1, -0.05) is 11.6 Å². The molecule has 1 aromatic rings. The zero-order chi connectivity index (χ0) is 15.1. The van der Waals surface area contributed by atoms with Crippen molar-refractivity contribution in [3.05, 3.63) is 28.8 Å². The summed E-state index contributed by atoms with van der Waals surface area (Å²) in [5.74, 6) is 0.0244. The van der Waals surface area contributed by atoms with Gasteiger partial charge in [0, 0.05) is 11.6 Å². The molecule has 2 N–H and O–H groups in total. The van der Waals surface area contributed by atoms with E-state index in [2.05, 4.69) is 10.6 Å². The van der Waals surface area contributed by atoms with Crippen LogP contribution in [0.3, 0.4) is 0 Å². The first-order chi connectivity index (χ1) is 9.43. The van der Waals surface area contributed by atoms with Gasteiger partial charge in [0.1, 0.15) is 5.75 Å². The average molecular weight is 299 g/mol. The number of amides is 2. The van der Waals surface area contributed by atoms with Crippen molar-refractivity contribution < 1.29 is 14.3 Å². The highest BCUT2D eigenvalue weighted by molar-refractivity contribution is 6.30. The summed E-state index contributed by atoms with van der Waals surface area (Å²) < 4.78 is 5.55. The summed E-state index contributed by atoms with van der Waals surface area (Å²) in [6, 6.07) is 5.17. The monoisotopic (exact) mass is 298 g/mol. The lowest BCUT2D eigenvalue weighted by atomic mass is 10.2. The Hall–Kier alpha value is -1.75. The van der Waals surface area contributed by atoms with Crippen molar-refractivity contribution in [3.63, 3.8) is 0 Å². The molecule has 0 spiro atoms. The van der Waals surface area contributed by atoms with Crippen molar-refractivity contribution in [1.82, 2.24) is 10.6 Å². The van der Waals surface area contributed by atoms with E-state index in [0.29, 0.717) is 17.3 Å². The maximum atomic E-state index is 11.8. The molecule has 1 atom stereocenters. The maximum Gasteiger partial charge on any atom is 0.261 e. The second-order valence-corrected chi connectivity index (χ2v) is 4.78. The Bertz CT molecular complexity index is 491. The molecule has 0 aliphatic heterocycles. The Morgan fingerprint density at radius 1 is 1.35 bits per heavy atom. The van der Waals surface area contributed by atoms with E-state index < -0.39 is 6.10 Å². The number of hydrogen-bond donors (Lipinski definition) is 2. The number of halogens is 1. The Labute approximate surface area is 123 Å². The van der Waals surface area contributed by atoms with Crippen LogP contribution in [0.1, 0.15) is 19.4 Å². The number of carbonyl (C=O) groups excluding carboxylic acids is 2. The Morgan fingerprint density at radius 2 is 2.05 bits per heavy atom. The van der Waals surface area contributed by atoms with Crippen LogP contribution in [-0.2, 0) is 9.59 Å². The lowest BCUT2D eigenvalue weighted by Gasteiger charge is -2.16. The smallest absolute Gasteiger partial charge is 0.261 e. The summed E-state index contributed by atoms with van der Waals surface area (Å²) in [5.41, 5.74) is 0.848. The van der Waals surface area contributed by atoms with Crippen LogP contribution in [0.5, 0.6) is 5.75 Å². The second-order valence-electron chi connectivity index (χ2n) is 4.34. The minimum absolute atomic E-state index is 0.0556. The number of carbonyl (C=O) groups is 2. The molecule has 0 radical (unpaired) electrons. The van der Waals surface area contributed by atoms with Crippen LogP contribution in [0, 0.1) is 6.92 Å². The molecule has 0 heterocycles. The molecule has 1 rings (SSSR count). The summed E-state index contributed by atoms with van der Waals surface area (Å²) in [6.45, 7) is 5.76. The van der Waals surface area contributed by atoms with E-state index in [1.54, 1.807) is 25.1 Å². The van der Waals surface area contributed by atoms with Crippen LogP contribution in [0.25, 0.3) is 0 Å². The minimum Gasteiger partial charge on any atom is -0.481 e. The average Bonchev–Trinajstić information content (AvgIpc) is 2.39. The van der Waals surface area contributed by atoms with Crippen LogP contribution in [0.15, 0.2) is 18.2 Å². The van der Waals surface area contributed by atoms with Gasteiger partial charge >= 0.3 is 0 Å². The summed E-state index contributed by atoms with van der Waals surface area (Å²) in [6.07, 6.45) is -0.690. The molecule has 0 bridgehead atoms. The quantitative estimate of drug-likeness (QED) is 0.839. The summed E-state index contributed by atoms with van der Waals surface area (Å²) in [5, 5.41) is 5.73. The van der Waals surface area contributed by atoms with Gasteiger partial charge < -0.3 is 15.4 Å². The van der Waals surface area contributed by atoms with E-state index in [0.717, 1.165) is 5.56 Å². The van der Waals surface area contributed by atoms with Crippen molar-refractivity contribution in [2.75, 3.05) is 13.1 Å². The van der Waals surface area contributed by atoms with Gasteiger partial charge in [0.25, 0.3) is 5.91 Å². The number of aryl methyl sites for hydroxylation is 1. The van der Waals surface area contributed by atoms with Crippen molar-refractivity contribution in [2.24, 2.45) is 0 Å². The van der Waals surface area contributed by atoms with Gasteiger partial charge in [0.05, 0.1) is 6.54 Å². The molecule has 0 aliphatic carbocycles. The van der Waals surface area contributed by atoms with Gasteiger partial charge in [0.15, 0.2) is 6.10 Å². The molecule has 0 saturated carbocycles. The number of nitrogens with one attached hydrogen (secondary N) is 2. The zero-order valence-corrected chi connectivity index (χ0v) is 12.6. The molecular weight excluding hydrogens is 280 g/mol. The van der Waals surface area contributed by atoms with Crippen molar-refractivity contribution >= 4 is 23.4 Å². The van der Waals surface area contributed by atoms with E-state index in [4.69, 9.17) is 16.3 Å². The molecule has 20 heavy (non-hydrogen) atoms. The topological polar surface area (TPSA) is 67.4 Å². The Morgan fingerprint density at radius 3 is 2.65 bits per heavy atom. The standard InChI is InChI=1S/C14H19ClN2O3/c1-4-16-13(18)8-17-14(19)10(3)20-12-6-5-11(15)7-9(12)2/h5-7,10H,4,8H2,1-3H3,(H,16,18)(H,17,19). The number of rotatable bonds is 6. The van der Waals surface area contributed by atoms with Gasteiger partial charge in [0.2, 0.25) is 5.91 Å². The third-order valence-corrected chi connectivity index (χ3v) is 2.84. The van der Waals surface area contributed by atoms with Gasteiger partial charge in [-0.15, -0.1) is 0 Å². The van der Waals surface area contributed by atoms with E-state index in [9.17, 15) is 9.59 Å². The molecule has 0 aliphatic rings. The van der Waals surface area contributed by atoms with Gasteiger partial charge in [-0.25, -0.2) is 0 Å². The Balaban J connectivity index is 2.51. The molecule has 110 valence electrons. The van der Waals surface area contributed by atoms with Crippen LogP contribution in [-0.4, -0.2) is 31.0 Å². The van der Waals surface area contributed by atoms with Gasteiger partial charge in [-0.3, -0.25) is 9.59 Å². The molecule has 5 nitrogen and oxygen atoms in total. The van der Waals surface area contributed by atoms with Gasteiger partial charge in [-0.2, -0.15) is 0 Å². The SMILES string of the molecule is CCNC(=O)CNC(=O)C(C)Oc1ccc(Cl)cc1C. The van der Waals surface area contributed by atoms with Crippen LogP contribution in [0.2, 0.25) is 5.02 Å². The first kappa shape index (κ1) is 16.3. The zero-order valence-electron chi connectivity index (χ0n) is 11.8. The van der Waals surface area contributed by atoms with E-state index >= 15 is 0 Å². The third-order valence-electron chi connectivity index (χ3n) is 2.61. The highest BCUT2D eigenvalue weighted by atomic mass is 35.5. The number of ether oxygens (including phenoxy) is 1. The van der Waals surface area contributed by atoms with E-state index in [-0.39, 0.29) is 18.4 Å². The van der Waals surface area contributed by atoms with Crippen LogP contribution in [0.4, 0.5) is 0 Å². The lowest BCUT2D eigenvalue weighted by Crippen LogP contribution is -2.42. The molecule has 1 aromatic carbocycles. The molecule has 1 unspecified atom stereocenters. The van der Waals surface area contributed by atoms with Crippen molar-refractivity contribution in [2.45, 2.75) is 26.9 Å². The number of likely N-dealkylation sites (N-methyl/N-ethyl adjacent to an activating group) is 1. The number of hydrogen-bond acceptors (Lipinski definition) is 3. The predicted molar refractivity (Wildman–Crippen MR) is 78.0 cm³/mol. The van der Waals surface area contributed by atoms with E-state index in [1.165, 1.54) is 0 Å². The highest BCUT2D eigenvalue weighted by Gasteiger charge is 2.16. The molecule has 0 saturated heterocycles. The molecule has 2 amide bonds. The molecule has 6 heteroatoms. The fourth-order valence-corrected chi connectivity index (χ4v) is 1.79. The fraction of sp³-hybridized carbons (Fsp3) is 0.429. The largest absolute Gasteiger partial charge is 0.481 e. The summed E-state index contributed by atoms with van der Waals surface area (Å²) in [4.78, 5) is 23.0. The Kier molecular flexibility index (Phi) is 6.31. The lowest BCUT2D eigenvalue weighted by molar-refractivity contribution is -0.130. The minimum atomic E-state index is -0.690. The van der Waals surface area contributed by atoms with Crippen LogP contribution >= 0.6 is 11.6 Å². The first-order valence-electron chi connectivity index (χ1n) is 6.41. The molecule has 0 fully saturated rings. The maximum absolute atomic E-state index is 11.8. The number of benzene rings is 1. The normalized spacial score (nSPS) is 11.6. The first-order valence-corrected chi connectivity index (χ1v) is 6.79. The fourth-order valence-electron chi connectivity index (χ4n) is 1.56. The predicted octanol–water partition coefficient (Wildman–Crippen LogP) is 1.67. The van der Waals surface area contributed by atoms with Gasteiger partial charge in [-0.05, 0) is 44.5 Å². The third kappa shape index (κ3) is 5.09. The summed E-state index contributed by atoms with van der Waals surface area (Å²) in [7, 11) is 0. The van der Waals surface area contributed by atoms with Crippen LogP contribution < -0.4 is 15.4 Å². The highest BCUT2D eigenvalue weighted by Crippen LogP contribution is 2.22.